The fraction of sp³-hybridized carbons (Fsp3) is 0.316. The number of rotatable bonds is 10. The lowest BCUT2D eigenvalue weighted by molar-refractivity contribution is -0.155. The summed E-state index contributed by atoms with van der Waals surface area (Å²) in [6, 6.07) is 25.2. The van der Waals surface area contributed by atoms with Gasteiger partial charge in [-0.3, -0.25) is 14.9 Å². The zero-order valence-electron chi connectivity index (χ0n) is 28.6. The van der Waals surface area contributed by atoms with Gasteiger partial charge in [-0.25, -0.2) is 9.59 Å². The van der Waals surface area contributed by atoms with Crippen molar-refractivity contribution in [3.63, 3.8) is 0 Å². The summed E-state index contributed by atoms with van der Waals surface area (Å²) in [4.78, 5) is 51.2. The molecule has 10 heteroatoms. The van der Waals surface area contributed by atoms with Crippen molar-refractivity contribution in [1.82, 2.24) is 9.88 Å². The van der Waals surface area contributed by atoms with Gasteiger partial charge in [-0.05, 0) is 64.8 Å². The summed E-state index contributed by atoms with van der Waals surface area (Å²) in [7, 11) is 1.71. The van der Waals surface area contributed by atoms with E-state index in [1.165, 1.54) is 10.6 Å². The number of aromatic nitrogens is 1. The van der Waals surface area contributed by atoms with E-state index in [4.69, 9.17) is 18.9 Å². The number of nitrogens with one attached hydrogen (secondary N) is 1. The van der Waals surface area contributed by atoms with Crippen LogP contribution in [0.1, 0.15) is 68.7 Å². The summed E-state index contributed by atoms with van der Waals surface area (Å²) in [6.45, 7) is 11.0. The van der Waals surface area contributed by atoms with Crippen molar-refractivity contribution in [2.24, 2.45) is 0 Å². The number of amides is 1. The van der Waals surface area contributed by atoms with E-state index in [1.54, 1.807) is 76.4 Å². The molecule has 0 atom stereocenters. The van der Waals surface area contributed by atoms with Crippen molar-refractivity contribution in [3.05, 3.63) is 113 Å². The number of carbonyl (C=O) groups is 4. The Labute approximate surface area is 281 Å². The molecule has 1 heterocycles. The van der Waals surface area contributed by atoms with Gasteiger partial charge in [0.25, 0.3) is 0 Å². The molecule has 0 spiro atoms. The molecular weight excluding hydrogens is 612 g/mol. The van der Waals surface area contributed by atoms with E-state index in [2.05, 4.69) is 5.32 Å². The third-order valence-electron chi connectivity index (χ3n) is 6.65. The minimum absolute atomic E-state index is 0.0200. The number of hydrogen-bond donors (Lipinski definition) is 1. The third kappa shape index (κ3) is 11.9. The maximum Gasteiger partial charge on any atom is 0.412 e. The molecule has 1 aromatic heterocycles. The highest BCUT2D eigenvalue weighted by molar-refractivity contribution is 6.04. The lowest BCUT2D eigenvalue weighted by Gasteiger charge is -2.20. The van der Waals surface area contributed by atoms with Crippen LogP contribution >= 0.6 is 0 Å². The number of esters is 2. The maximum atomic E-state index is 13.3. The number of alkyl carbamates (subject to hydrolysis) is 1. The predicted molar refractivity (Wildman–Crippen MR) is 184 cm³/mol. The number of fused-ring (bicyclic) bond motifs is 1. The molecule has 254 valence electrons. The average molecular weight is 657 g/mol. The van der Waals surface area contributed by atoms with Gasteiger partial charge in [-0.1, -0.05) is 78.9 Å². The van der Waals surface area contributed by atoms with Gasteiger partial charge in [0.15, 0.2) is 6.29 Å². The van der Waals surface area contributed by atoms with Crippen LogP contribution in [0.4, 0.5) is 4.79 Å². The highest BCUT2D eigenvalue weighted by Gasteiger charge is 2.23. The summed E-state index contributed by atoms with van der Waals surface area (Å²) in [5.41, 5.74) is 1.60. The average Bonchev–Trinajstić information content (AvgIpc) is 3.33. The molecule has 4 aromatic rings. The molecular formula is C38H44N2O8. The van der Waals surface area contributed by atoms with Crippen molar-refractivity contribution in [1.29, 1.82) is 0 Å². The van der Waals surface area contributed by atoms with Crippen molar-refractivity contribution in [3.8, 4) is 0 Å². The van der Waals surface area contributed by atoms with Crippen molar-refractivity contribution >= 4 is 41.3 Å². The first-order chi connectivity index (χ1) is 22.7. The molecule has 0 fully saturated rings. The van der Waals surface area contributed by atoms with Crippen LogP contribution in [-0.2, 0) is 48.3 Å². The fourth-order valence-electron chi connectivity index (χ4n) is 4.26. The Kier molecular flexibility index (Phi) is 13.3. The van der Waals surface area contributed by atoms with Gasteiger partial charge in [0.1, 0.15) is 31.1 Å². The minimum Gasteiger partial charge on any atom is -0.459 e. The number of hydrogen-bond acceptors (Lipinski definition) is 8. The summed E-state index contributed by atoms with van der Waals surface area (Å²) < 4.78 is 22.7. The minimum atomic E-state index is -0.882. The van der Waals surface area contributed by atoms with Gasteiger partial charge >= 0.3 is 18.0 Å². The molecule has 0 saturated heterocycles. The van der Waals surface area contributed by atoms with Crippen LogP contribution in [0.5, 0.6) is 0 Å². The Hall–Kier alpha value is -5.22. The van der Waals surface area contributed by atoms with Gasteiger partial charge in [-0.2, -0.15) is 0 Å². The summed E-state index contributed by atoms with van der Waals surface area (Å²) in [5, 5.41) is 3.06. The molecule has 0 aliphatic heterocycles. The highest BCUT2D eigenvalue weighted by Crippen LogP contribution is 2.28. The molecule has 4 rings (SSSR count). The second kappa shape index (κ2) is 17.1. The molecule has 0 unspecified atom stereocenters. The number of ether oxygens (including phenoxy) is 4. The number of methoxy groups -OCH3 is 1. The van der Waals surface area contributed by atoms with Crippen LogP contribution < -0.4 is 5.32 Å². The molecule has 0 aliphatic rings. The first-order valence-corrected chi connectivity index (χ1v) is 15.4. The summed E-state index contributed by atoms with van der Waals surface area (Å²) in [5.74, 6) is -1.37. The first kappa shape index (κ1) is 37.2. The van der Waals surface area contributed by atoms with E-state index < -0.39 is 23.6 Å². The van der Waals surface area contributed by atoms with Crippen LogP contribution in [0, 0.1) is 0 Å². The summed E-state index contributed by atoms with van der Waals surface area (Å²) in [6.07, 6.45) is 1.07. The van der Waals surface area contributed by atoms with Crippen LogP contribution in [0.15, 0.2) is 90.6 Å². The van der Waals surface area contributed by atoms with Crippen LogP contribution in [0.3, 0.4) is 0 Å². The maximum absolute atomic E-state index is 13.3. The van der Waals surface area contributed by atoms with Gasteiger partial charge in [0.05, 0.1) is 11.3 Å². The zero-order chi connectivity index (χ0) is 35.3. The van der Waals surface area contributed by atoms with Crippen molar-refractivity contribution < 1.29 is 38.1 Å². The third-order valence-corrected chi connectivity index (χ3v) is 6.65. The Balaban J connectivity index is 0.000000952. The monoisotopic (exact) mass is 656 g/mol. The van der Waals surface area contributed by atoms with Gasteiger partial charge in [0, 0.05) is 23.6 Å². The Morgan fingerprint density at radius 2 is 1.27 bits per heavy atom. The fourth-order valence-corrected chi connectivity index (χ4v) is 4.26. The van der Waals surface area contributed by atoms with Crippen LogP contribution in [0.25, 0.3) is 17.0 Å². The van der Waals surface area contributed by atoms with E-state index in [0.29, 0.717) is 22.8 Å². The Morgan fingerprint density at radius 1 is 0.750 bits per heavy atom. The molecule has 10 nitrogen and oxygen atoms in total. The van der Waals surface area contributed by atoms with Crippen molar-refractivity contribution in [2.75, 3.05) is 7.11 Å². The quantitative estimate of drug-likeness (QED) is 0.0821. The van der Waals surface area contributed by atoms with Crippen molar-refractivity contribution in [2.45, 2.75) is 72.5 Å². The number of para-hydroxylation sites is 1. The Bertz CT molecular complexity index is 1710. The van der Waals surface area contributed by atoms with Crippen LogP contribution in [0.2, 0.25) is 0 Å². The SMILES string of the molecule is CC(C)(C)OC(=O)Cn1c(C=O)c(/C=C(\NC(=O)OCc2ccccc2)C(=O)OCc2ccccc2)c2ccccc21.COC(C)(C)C. The molecule has 1 N–H and O–H groups in total. The van der Waals surface area contributed by atoms with Gasteiger partial charge in [-0.15, -0.1) is 0 Å². The molecule has 48 heavy (non-hydrogen) atoms. The predicted octanol–water partition coefficient (Wildman–Crippen LogP) is 7.24. The van der Waals surface area contributed by atoms with Crippen LogP contribution in [-0.4, -0.2) is 47.2 Å². The molecule has 0 aliphatic carbocycles. The molecule has 0 bridgehead atoms. The van der Waals surface area contributed by atoms with E-state index >= 15 is 0 Å². The molecule has 1 amide bonds. The largest absolute Gasteiger partial charge is 0.459 e. The zero-order valence-corrected chi connectivity index (χ0v) is 28.6. The van der Waals surface area contributed by atoms with Gasteiger partial charge in [0.2, 0.25) is 0 Å². The normalized spacial score (nSPS) is 11.6. The first-order valence-electron chi connectivity index (χ1n) is 15.4. The number of carbonyl (C=O) groups excluding carboxylic acids is 4. The standard InChI is InChI=1S/C33H32N2O7.C5H12O/c1-33(2,3)42-30(37)19-35-28-17-11-10-16-25(28)26(29(35)20-36)18-27(31(38)40-21-23-12-6-4-7-13-23)34-32(39)41-22-24-14-8-5-9-15-24;1-5(2,3)6-4/h4-18,20H,19,21-22H2,1-3H3,(H,34,39);1-4H3/b27-18-;. The number of aldehydes is 1. The second-order valence-electron chi connectivity index (χ2n) is 12.7. The van der Waals surface area contributed by atoms with E-state index in [9.17, 15) is 19.2 Å². The number of benzene rings is 3. The summed E-state index contributed by atoms with van der Waals surface area (Å²) >= 11 is 0. The van der Waals surface area contributed by atoms with E-state index in [-0.39, 0.29) is 36.8 Å². The topological polar surface area (TPSA) is 122 Å². The molecule has 0 radical (unpaired) electrons. The second-order valence-corrected chi connectivity index (χ2v) is 12.7. The highest BCUT2D eigenvalue weighted by atomic mass is 16.6. The van der Waals surface area contributed by atoms with E-state index in [0.717, 1.165) is 11.1 Å². The molecule has 0 saturated carbocycles. The Morgan fingerprint density at radius 3 is 1.79 bits per heavy atom. The van der Waals surface area contributed by atoms with E-state index in [1.807, 2.05) is 57.2 Å². The van der Waals surface area contributed by atoms with Gasteiger partial charge < -0.3 is 23.5 Å². The lowest BCUT2D eigenvalue weighted by atomic mass is 10.1. The number of nitrogens with zero attached hydrogens (tertiary/aromatic N) is 1. The smallest absolute Gasteiger partial charge is 0.412 e. The lowest BCUT2D eigenvalue weighted by Crippen LogP contribution is -2.29. The molecule has 3 aromatic carbocycles.